The van der Waals surface area contributed by atoms with Crippen LogP contribution in [-0.4, -0.2) is 14.9 Å². The number of nitro benzene ring substituents is 1. The first-order chi connectivity index (χ1) is 8.65. The van der Waals surface area contributed by atoms with Gasteiger partial charge in [0.2, 0.25) is 0 Å². The number of hydrogen-bond acceptors (Lipinski definition) is 4. The monoisotopic (exact) mass is 303 g/mol. The molecule has 18 heavy (non-hydrogen) atoms. The lowest BCUT2D eigenvalue weighted by atomic mass is 10.2. The Kier molecular flexibility index (Phi) is 2.45. The number of nitrogens with zero attached hydrogens (tertiary/aromatic N) is 3. The molecule has 0 aliphatic rings. The summed E-state index contributed by atoms with van der Waals surface area (Å²) in [5, 5.41) is 10.8. The van der Waals surface area contributed by atoms with Gasteiger partial charge in [0.15, 0.2) is 0 Å². The van der Waals surface area contributed by atoms with Crippen LogP contribution in [0.2, 0.25) is 0 Å². The van der Waals surface area contributed by atoms with Crippen LogP contribution in [0, 0.1) is 10.1 Å². The predicted molar refractivity (Wildman–Crippen MR) is 71.4 cm³/mol. The largest absolute Gasteiger partial charge is 0.272 e. The molecular weight excluding hydrogens is 298 g/mol. The highest BCUT2D eigenvalue weighted by atomic mass is 79.9. The van der Waals surface area contributed by atoms with Crippen molar-refractivity contribution >= 4 is 43.7 Å². The lowest BCUT2D eigenvalue weighted by Gasteiger charge is -2.02. The minimum absolute atomic E-state index is 0.000967. The number of aromatic nitrogens is 2. The Bertz CT molecular complexity index is 789. The van der Waals surface area contributed by atoms with Crippen LogP contribution in [0.4, 0.5) is 5.69 Å². The number of non-ortho nitro benzene ring substituents is 1. The molecule has 0 fully saturated rings. The van der Waals surface area contributed by atoms with Crippen molar-refractivity contribution in [3.8, 4) is 0 Å². The maximum Gasteiger partial charge on any atom is 0.272 e. The third-order valence-electron chi connectivity index (χ3n) is 2.59. The minimum atomic E-state index is -0.443. The van der Waals surface area contributed by atoms with Crippen LogP contribution >= 0.6 is 15.9 Å². The van der Waals surface area contributed by atoms with Crippen molar-refractivity contribution in [2.45, 2.75) is 0 Å². The molecule has 0 bridgehead atoms. The van der Waals surface area contributed by atoms with Gasteiger partial charge in [-0.15, -0.1) is 0 Å². The predicted octanol–water partition coefficient (Wildman–Crippen LogP) is 3.45. The fourth-order valence-corrected chi connectivity index (χ4v) is 2.30. The van der Waals surface area contributed by atoms with Gasteiger partial charge in [-0.2, -0.15) is 0 Å². The number of nitro groups is 1. The van der Waals surface area contributed by atoms with E-state index in [1.807, 2.05) is 24.3 Å². The Morgan fingerprint density at radius 2 is 1.72 bits per heavy atom. The van der Waals surface area contributed by atoms with Crippen LogP contribution in [0.5, 0.6) is 0 Å². The van der Waals surface area contributed by atoms with E-state index in [0.717, 1.165) is 11.0 Å². The van der Waals surface area contributed by atoms with E-state index in [1.54, 1.807) is 0 Å². The van der Waals surface area contributed by atoms with E-state index >= 15 is 0 Å². The number of fused-ring (bicyclic) bond motifs is 2. The zero-order chi connectivity index (χ0) is 12.7. The summed E-state index contributed by atoms with van der Waals surface area (Å²) in [4.78, 5) is 19.2. The SMILES string of the molecule is O=[N+]([O-])c1cc(Br)c2nc3ccccc3nc2c1. The zero-order valence-electron chi connectivity index (χ0n) is 9.00. The van der Waals surface area contributed by atoms with E-state index in [1.165, 1.54) is 12.1 Å². The van der Waals surface area contributed by atoms with Crippen molar-refractivity contribution in [2.75, 3.05) is 0 Å². The molecule has 3 aromatic rings. The summed E-state index contributed by atoms with van der Waals surface area (Å²) in [6, 6.07) is 10.3. The quantitative estimate of drug-likeness (QED) is 0.392. The average Bonchev–Trinajstić information content (AvgIpc) is 2.36. The molecule has 0 N–H and O–H groups in total. The van der Waals surface area contributed by atoms with Crippen molar-refractivity contribution in [1.82, 2.24) is 9.97 Å². The van der Waals surface area contributed by atoms with Gasteiger partial charge in [0.05, 0.1) is 25.9 Å². The van der Waals surface area contributed by atoms with Gasteiger partial charge in [-0.25, -0.2) is 9.97 Å². The van der Waals surface area contributed by atoms with Crippen LogP contribution in [-0.2, 0) is 0 Å². The maximum absolute atomic E-state index is 10.8. The van der Waals surface area contributed by atoms with Gasteiger partial charge < -0.3 is 0 Å². The molecule has 88 valence electrons. The Morgan fingerprint density at radius 1 is 1.06 bits per heavy atom. The minimum Gasteiger partial charge on any atom is -0.258 e. The summed E-state index contributed by atoms with van der Waals surface area (Å²) in [7, 11) is 0. The summed E-state index contributed by atoms with van der Waals surface area (Å²) < 4.78 is 0.574. The van der Waals surface area contributed by atoms with E-state index < -0.39 is 4.92 Å². The maximum atomic E-state index is 10.8. The zero-order valence-corrected chi connectivity index (χ0v) is 10.6. The van der Waals surface area contributed by atoms with Crippen LogP contribution < -0.4 is 0 Å². The molecule has 0 aliphatic heterocycles. The van der Waals surface area contributed by atoms with E-state index in [9.17, 15) is 10.1 Å². The van der Waals surface area contributed by atoms with Crippen molar-refractivity contribution < 1.29 is 4.92 Å². The van der Waals surface area contributed by atoms with Crippen molar-refractivity contribution in [3.63, 3.8) is 0 Å². The Balaban J connectivity index is 2.42. The molecule has 5 nitrogen and oxygen atoms in total. The molecule has 0 amide bonds. The van der Waals surface area contributed by atoms with Crippen LogP contribution in [0.1, 0.15) is 0 Å². The summed E-state index contributed by atoms with van der Waals surface area (Å²) in [5.41, 5.74) is 2.62. The highest BCUT2D eigenvalue weighted by molar-refractivity contribution is 9.10. The topological polar surface area (TPSA) is 68.9 Å². The lowest BCUT2D eigenvalue weighted by Crippen LogP contribution is -1.92. The summed E-state index contributed by atoms with van der Waals surface area (Å²) in [6.07, 6.45) is 0. The first-order valence-electron chi connectivity index (χ1n) is 5.15. The fraction of sp³-hybridized carbons (Fsp3) is 0. The molecule has 0 aliphatic carbocycles. The number of rotatable bonds is 1. The first-order valence-corrected chi connectivity index (χ1v) is 5.95. The number of para-hydroxylation sites is 2. The molecule has 2 aromatic carbocycles. The molecule has 3 rings (SSSR count). The molecule has 0 saturated carbocycles. The van der Waals surface area contributed by atoms with Gasteiger partial charge in [-0.1, -0.05) is 12.1 Å². The van der Waals surface area contributed by atoms with Crippen LogP contribution in [0.15, 0.2) is 40.9 Å². The van der Waals surface area contributed by atoms with E-state index in [2.05, 4.69) is 25.9 Å². The molecule has 1 heterocycles. The van der Waals surface area contributed by atoms with Crippen LogP contribution in [0.25, 0.3) is 22.1 Å². The molecule has 6 heteroatoms. The van der Waals surface area contributed by atoms with Gasteiger partial charge in [-0.05, 0) is 28.1 Å². The standard InChI is InChI=1S/C12H6BrN3O2/c13-8-5-7(16(17)18)6-11-12(8)15-10-4-2-1-3-9(10)14-11/h1-6H. The molecular formula is C12H6BrN3O2. The Morgan fingerprint density at radius 3 is 2.39 bits per heavy atom. The normalized spacial score (nSPS) is 10.9. The molecule has 0 spiro atoms. The highest BCUT2D eigenvalue weighted by Gasteiger charge is 2.12. The van der Waals surface area contributed by atoms with Crippen LogP contribution in [0.3, 0.4) is 0 Å². The van der Waals surface area contributed by atoms with Gasteiger partial charge in [0.25, 0.3) is 5.69 Å². The first kappa shape index (κ1) is 11.0. The van der Waals surface area contributed by atoms with Gasteiger partial charge in [0, 0.05) is 12.1 Å². The second-order valence-corrected chi connectivity index (χ2v) is 4.62. The van der Waals surface area contributed by atoms with Crippen molar-refractivity contribution in [1.29, 1.82) is 0 Å². The molecule has 0 unspecified atom stereocenters. The van der Waals surface area contributed by atoms with Gasteiger partial charge in [-0.3, -0.25) is 10.1 Å². The lowest BCUT2D eigenvalue weighted by molar-refractivity contribution is -0.384. The van der Waals surface area contributed by atoms with Gasteiger partial charge >= 0.3 is 0 Å². The summed E-state index contributed by atoms with van der Waals surface area (Å²) in [6.45, 7) is 0. The van der Waals surface area contributed by atoms with E-state index in [0.29, 0.717) is 15.5 Å². The second kappa shape index (κ2) is 3.99. The van der Waals surface area contributed by atoms with Gasteiger partial charge in [0.1, 0.15) is 5.52 Å². The smallest absolute Gasteiger partial charge is 0.258 e. The molecule has 0 saturated heterocycles. The third kappa shape index (κ3) is 1.70. The Labute approximate surface area is 110 Å². The third-order valence-corrected chi connectivity index (χ3v) is 3.20. The van der Waals surface area contributed by atoms with E-state index in [4.69, 9.17) is 0 Å². The van der Waals surface area contributed by atoms with E-state index in [-0.39, 0.29) is 5.69 Å². The fourth-order valence-electron chi connectivity index (χ4n) is 1.78. The molecule has 0 atom stereocenters. The molecule has 0 radical (unpaired) electrons. The Hall–Kier alpha value is -2.08. The van der Waals surface area contributed by atoms with Crippen molar-refractivity contribution in [3.05, 3.63) is 51.0 Å². The molecule has 1 aromatic heterocycles. The summed E-state index contributed by atoms with van der Waals surface area (Å²) in [5.74, 6) is 0. The highest BCUT2D eigenvalue weighted by Crippen LogP contribution is 2.28. The number of hydrogen-bond donors (Lipinski definition) is 0. The number of benzene rings is 2. The van der Waals surface area contributed by atoms with Crippen molar-refractivity contribution in [2.24, 2.45) is 0 Å². The average molecular weight is 304 g/mol. The second-order valence-electron chi connectivity index (χ2n) is 3.76. The summed E-state index contributed by atoms with van der Waals surface area (Å²) >= 11 is 3.29. The number of halogens is 1.